The number of carbonyl (C=O) groups excluding carboxylic acids is 1. The molecule has 0 fully saturated rings. The topological polar surface area (TPSA) is 110 Å². The van der Waals surface area contributed by atoms with E-state index in [1.54, 1.807) is 6.92 Å². The number of carboxylic acids is 1. The van der Waals surface area contributed by atoms with Crippen LogP contribution in [0.2, 0.25) is 0 Å². The number of rotatable bonds is 4. The highest BCUT2D eigenvalue weighted by Gasteiger charge is 2.12. The minimum absolute atomic E-state index is 0.151. The molecule has 8 nitrogen and oxygen atoms in total. The highest BCUT2D eigenvalue weighted by atomic mass is 16.5. The van der Waals surface area contributed by atoms with Crippen molar-refractivity contribution in [3.8, 4) is 0 Å². The van der Waals surface area contributed by atoms with Crippen LogP contribution >= 0.6 is 0 Å². The molecule has 2 N–H and O–H groups in total. The summed E-state index contributed by atoms with van der Waals surface area (Å²) < 4.78 is 5.97. The fourth-order valence-electron chi connectivity index (χ4n) is 1.32. The summed E-state index contributed by atoms with van der Waals surface area (Å²) in [7, 11) is 0. The number of aryl methyl sites for hydroxylation is 1. The quantitative estimate of drug-likeness (QED) is 0.818. The van der Waals surface area contributed by atoms with E-state index < -0.39 is 11.9 Å². The molecule has 0 bridgehead atoms. The molecular formula is C10H10N4O4. The Labute approximate surface area is 101 Å². The lowest BCUT2D eigenvalue weighted by Gasteiger charge is -1.97. The number of aliphatic carboxylic acids is 1. The van der Waals surface area contributed by atoms with E-state index in [1.165, 1.54) is 23.1 Å². The Balaban J connectivity index is 2.03. The van der Waals surface area contributed by atoms with Crippen molar-refractivity contribution in [2.45, 2.75) is 13.5 Å². The lowest BCUT2D eigenvalue weighted by atomic mass is 10.3. The molecule has 0 atom stereocenters. The average Bonchev–Trinajstić information content (AvgIpc) is 2.87. The standard InChI is InChI=1S/C10H10N4O4/c1-6-2-8(13-18-6)10(17)12-7-3-11-14(4-7)5-9(15)16/h2-4H,5H2,1H3,(H,12,17)(H,15,16). The van der Waals surface area contributed by atoms with Crippen molar-refractivity contribution in [1.82, 2.24) is 14.9 Å². The van der Waals surface area contributed by atoms with Crippen LogP contribution in [0.25, 0.3) is 0 Å². The maximum absolute atomic E-state index is 11.7. The van der Waals surface area contributed by atoms with Gasteiger partial charge in [0.15, 0.2) is 5.69 Å². The third kappa shape index (κ3) is 2.73. The van der Waals surface area contributed by atoms with Crippen molar-refractivity contribution in [3.05, 3.63) is 29.9 Å². The van der Waals surface area contributed by atoms with Crippen LogP contribution in [0.5, 0.6) is 0 Å². The number of carbonyl (C=O) groups is 2. The Morgan fingerprint density at radius 2 is 2.33 bits per heavy atom. The Morgan fingerprint density at radius 3 is 2.94 bits per heavy atom. The molecule has 0 saturated heterocycles. The molecule has 2 aromatic rings. The minimum Gasteiger partial charge on any atom is -0.480 e. The zero-order valence-electron chi connectivity index (χ0n) is 9.45. The summed E-state index contributed by atoms with van der Waals surface area (Å²) in [4.78, 5) is 22.1. The van der Waals surface area contributed by atoms with E-state index in [2.05, 4.69) is 15.6 Å². The summed E-state index contributed by atoms with van der Waals surface area (Å²) in [6.07, 6.45) is 2.77. The third-order valence-electron chi connectivity index (χ3n) is 2.05. The summed E-state index contributed by atoms with van der Waals surface area (Å²) in [5.74, 6) is -0.924. The van der Waals surface area contributed by atoms with Crippen LogP contribution in [0.1, 0.15) is 16.2 Å². The average molecular weight is 250 g/mol. The summed E-state index contributed by atoms with van der Waals surface area (Å²) in [5.41, 5.74) is 0.542. The van der Waals surface area contributed by atoms with Gasteiger partial charge in [0, 0.05) is 12.3 Å². The van der Waals surface area contributed by atoms with Crippen molar-refractivity contribution in [3.63, 3.8) is 0 Å². The third-order valence-corrected chi connectivity index (χ3v) is 2.05. The Hall–Kier alpha value is -2.64. The molecule has 0 radical (unpaired) electrons. The van der Waals surface area contributed by atoms with E-state index in [4.69, 9.17) is 9.63 Å². The number of amides is 1. The number of anilines is 1. The fourth-order valence-corrected chi connectivity index (χ4v) is 1.32. The second kappa shape index (κ2) is 4.70. The number of nitrogens with one attached hydrogen (secondary N) is 1. The largest absolute Gasteiger partial charge is 0.480 e. The van der Waals surface area contributed by atoms with Gasteiger partial charge in [0.25, 0.3) is 5.91 Å². The summed E-state index contributed by atoms with van der Waals surface area (Å²) in [6, 6.07) is 1.50. The number of hydrogen-bond donors (Lipinski definition) is 2. The lowest BCUT2D eigenvalue weighted by Crippen LogP contribution is -2.12. The Bertz CT molecular complexity index is 586. The van der Waals surface area contributed by atoms with E-state index in [1.807, 2.05) is 0 Å². The van der Waals surface area contributed by atoms with Gasteiger partial charge in [-0.25, -0.2) is 0 Å². The number of nitrogens with zero attached hydrogens (tertiary/aromatic N) is 3. The molecule has 0 unspecified atom stereocenters. The van der Waals surface area contributed by atoms with Crippen molar-refractivity contribution in [2.24, 2.45) is 0 Å². The van der Waals surface area contributed by atoms with Crippen molar-refractivity contribution in [1.29, 1.82) is 0 Å². The SMILES string of the molecule is Cc1cc(C(=O)Nc2cnn(CC(=O)O)c2)no1. The predicted octanol–water partition coefficient (Wildman–Crippen LogP) is 0.516. The first-order valence-electron chi connectivity index (χ1n) is 5.03. The molecule has 0 aromatic carbocycles. The molecule has 1 amide bonds. The fraction of sp³-hybridized carbons (Fsp3) is 0.200. The first-order chi connectivity index (χ1) is 8.54. The molecule has 0 aliphatic heterocycles. The maximum atomic E-state index is 11.7. The van der Waals surface area contributed by atoms with Crippen LogP contribution < -0.4 is 5.32 Å². The zero-order chi connectivity index (χ0) is 13.1. The van der Waals surface area contributed by atoms with Crippen LogP contribution in [0.3, 0.4) is 0 Å². The molecule has 0 saturated carbocycles. The molecule has 0 aliphatic rings. The second-order valence-corrected chi connectivity index (χ2v) is 3.60. The van der Waals surface area contributed by atoms with Gasteiger partial charge < -0.3 is 14.9 Å². The van der Waals surface area contributed by atoms with Gasteiger partial charge >= 0.3 is 5.97 Å². The van der Waals surface area contributed by atoms with Gasteiger partial charge in [-0.1, -0.05) is 5.16 Å². The normalized spacial score (nSPS) is 10.3. The van der Waals surface area contributed by atoms with Crippen molar-refractivity contribution >= 4 is 17.6 Å². The molecule has 8 heteroatoms. The van der Waals surface area contributed by atoms with Crippen LogP contribution in [0.4, 0.5) is 5.69 Å². The molecule has 18 heavy (non-hydrogen) atoms. The first kappa shape index (κ1) is 11.8. The van der Waals surface area contributed by atoms with E-state index in [0.717, 1.165) is 0 Å². The molecular weight excluding hydrogens is 240 g/mol. The zero-order valence-corrected chi connectivity index (χ0v) is 9.45. The number of carboxylic acid groups (broad SMARTS) is 1. The van der Waals surface area contributed by atoms with Gasteiger partial charge in [0.1, 0.15) is 12.3 Å². The molecule has 0 spiro atoms. The van der Waals surface area contributed by atoms with E-state index in [0.29, 0.717) is 11.4 Å². The van der Waals surface area contributed by atoms with Crippen molar-refractivity contribution in [2.75, 3.05) is 5.32 Å². The van der Waals surface area contributed by atoms with Crippen LogP contribution in [-0.2, 0) is 11.3 Å². The highest BCUT2D eigenvalue weighted by molar-refractivity contribution is 6.02. The number of hydrogen-bond acceptors (Lipinski definition) is 5. The minimum atomic E-state index is -1.01. The smallest absolute Gasteiger partial charge is 0.325 e. The monoisotopic (exact) mass is 250 g/mol. The predicted molar refractivity (Wildman–Crippen MR) is 59.1 cm³/mol. The van der Waals surface area contributed by atoms with Gasteiger partial charge in [-0.3, -0.25) is 14.3 Å². The maximum Gasteiger partial charge on any atom is 0.325 e. The summed E-state index contributed by atoms with van der Waals surface area (Å²) in [6.45, 7) is 1.41. The van der Waals surface area contributed by atoms with Gasteiger partial charge in [-0.15, -0.1) is 0 Å². The first-order valence-corrected chi connectivity index (χ1v) is 5.03. The second-order valence-electron chi connectivity index (χ2n) is 3.60. The molecule has 2 aromatic heterocycles. The molecule has 94 valence electrons. The van der Waals surface area contributed by atoms with Crippen molar-refractivity contribution < 1.29 is 19.2 Å². The Morgan fingerprint density at radius 1 is 1.56 bits per heavy atom. The van der Waals surface area contributed by atoms with E-state index in [9.17, 15) is 9.59 Å². The van der Waals surface area contributed by atoms with E-state index >= 15 is 0 Å². The summed E-state index contributed by atoms with van der Waals surface area (Å²) >= 11 is 0. The van der Waals surface area contributed by atoms with E-state index in [-0.39, 0.29) is 12.2 Å². The van der Waals surface area contributed by atoms with Crippen LogP contribution in [-0.4, -0.2) is 31.9 Å². The number of aromatic nitrogens is 3. The Kier molecular flexibility index (Phi) is 3.09. The van der Waals surface area contributed by atoms with Gasteiger partial charge in [0.2, 0.25) is 0 Å². The molecule has 0 aliphatic carbocycles. The van der Waals surface area contributed by atoms with Gasteiger partial charge in [0.05, 0.1) is 11.9 Å². The van der Waals surface area contributed by atoms with Gasteiger partial charge in [-0.2, -0.15) is 5.10 Å². The summed E-state index contributed by atoms with van der Waals surface area (Å²) in [5, 5.41) is 18.4. The molecule has 2 heterocycles. The van der Waals surface area contributed by atoms with Crippen LogP contribution in [0, 0.1) is 6.92 Å². The van der Waals surface area contributed by atoms with Gasteiger partial charge in [-0.05, 0) is 6.92 Å². The molecule has 2 rings (SSSR count). The lowest BCUT2D eigenvalue weighted by molar-refractivity contribution is -0.137. The van der Waals surface area contributed by atoms with Crippen LogP contribution in [0.15, 0.2) is 23.0 Å². The highest BCUT2D eigenvalue weighted by Crippen LogP contribution is 2.08.